The first-order valence-corrected chi connectivity index (χ1v) is 7.75. The molecule has 3 heteroatoms. The van der Waals surface area contributed by atoms with Crippen LogP contribution in [0, 0.1) is 0 Å². The molecule has 0 spiro atoms. The molecule has 0 bridgehead atoms. The summed E-state index contributed by atoms with van der Waals surface area (Å²) < 4.78 is 10.6. The second kappa shape index (κ2) is 5.92. The molecule has 0 radical (unpaired) electrons. The molecule has 0 aromatic heterocycles. The molecule has 0 heterocycles. The first kappa shape index (κ1) is 15.3. The molecule has 2 aromatic rings. The number of carbonyl (C=O) groups excluding carboxylic acids is 1. The van der Waals surface area contributed by atoms with Gasteiger partial charge in [0.15, 0.2) is 0 Å². The largest absolute Gasteiger partial charge is 0.497 e. The Morgan fingerprint density at radius 1 is 1.04 bits per heavy atom. The van der Waals surface area contributed by atoms with Crippen LogP contribution in [0.2, 0.25) is 0 Å². The van der Waals surface area contributed by atoms with Crippen molar-refractivity contribution in [1.82, 2.24) is 0 Å². The van der Waals surface area contributed by atoms with Gasteiger partial charge in [0.2, 0.25) is 0 Å². The highest BCUT2D eigenvalue weighted by molar-refractivity contribution is 6.15. The van der Waals surface area contributed by atoms with Crippen molar-refractivity contribution in [3.8, 4) is 5.75 Å². The van der Waals surface area contributed by atoms with Crippen LogP contribution in [0.3, 0.4) is 0 Å². The molecule has 1 aliphatic rings. The zero-order valence-corrected chi connectivity index (χ0v) is 13.6. The lowest BCUT2D eigenvalue weighted by atomic mass is 9.86. The normalized spacial score (nSPS) is 19.4. The van der Waals surface area contributed by atoms with Crippen LogP contribution < -0.4 is 4.74 Å². The van der Waals surface area contributed by atoms with Crippen molar-refractivity contribution in [2.75, 3.05) is 13.7 Å². The molecule has 2 aromatic carbocycles. The fourth-order valence-corrected chi connectivity index (χ4v) is 3.26. The minimum absolute atomic E-state index is 0.207. The third-order valence-corrected chi connectivity index (χ3v) is 4.42. The van der Waals surface area contributed by atoms with Crippen molar-refractivity contribution in [1.29, 1.82) is 0 Å². The van der Waals surface area contributed by atoms with Crippen LogP contribution in [-0.2, 0) is 14.9 Å². The van der Waals surface area contributed by atoms with E-state index in [0.29, 0.717) is 6.61 Å². The van der Waals surface area contributed by atoms with Gasteiger partial charge in [0.05, 0.1) is 13.7 Å². The molecule has 1 atom stereocenters. The highest BCUT2D eigenvalue weighted by atomic mass is 16.5. The Hall–Kier alpha value is -2.55. The number of rotatable bonds is 5. The summed E-state index contributed by atoms with van der Waals surface area (Å²) in [5.41, 5.74) is 3.32. The number of benzene rings is 2. The zero-order chi connectivity index (χ0) is 16.4. The van der Waals surface area contributed by atoms with Gasteiger partial charge in [-0.15, -0.1) is 0 Å². The third-order valence-electron chi connectivity index (χ3n) is 4.42. The minimum atomic E-state index is -0.760. The lowest BCUT2D eigenvalue weighted by molar-refractivity contribution is -0.145. The van der Waals surface area contributed by atoms with E-state index in [1.807, 2.05) is 68.4 Å². The molecule has 1 unspecified atom stereocenters. The standard InChI is InChI=1S/C20H20O3/c1-4-23-19(21)20(16-10-12-17(22-3)13-11-16)14(2)18(20)15-8-6-5-7-9-15/h5-13H,4H2,1-3H3. The number of hydrogen-bond acceptors (Lipinski definition) is 3. The number of esters is 1. The lowest BCUT2D eigenvalue weighted by Gasteiger charge is -2.19. The first-order valence-electron chi connectivity index (χ1n) is 7.75. The van der Waals surface area contributed by atoms with Gasteiger partial charge in [-0.2, -0.15) is 0 Å². The van der Waals surface area contributed by atoms with Gasteiger partial charge in [-0.3, -0.25) is 4.79 Å². The van der Waals surface area contributed by atoms with Crippen molar-refractivity contribution in [3.63, 3.8) is 0 Å². The molecule has 3 nitrogen and oxygen atoms in total. The maximum atomic E-state index is 12.8. The quantitative estimate of drug-likeness (QED) is 0.784. The summed E-state index contributed by atoms with van der Waals surface area (Å²) in [6.45, 7) is 4.20. The van der Waals surface area contributed by atoms with Crippen molar-refractivity contribution >= 4 is 11.5 Å². The maximum Gasteiger partial charge on any atom is 0.325 e. The number of methoxy groups -OCH3 is 1. The van der Waals surface area contributed by atoms with Crippen molar-refractivity contribution in [2.24, 2.45) is 0 Å². The van der Waals surface area contributed by atoms with E-state index in [4.69, 9.17) is 9.47 Å². The Labute approximate surface area is 136 Å². The molecule has 0 fully saturated rings. The fourth-order valence-electron chi connectivity index (χ4n) is 3.26. The fraction of sp³-hybridized carbons (Fsp3) is 0.250. The lowest BCUT2D eigenvalue weighted by Crippen LogP contribution is -2.28. The average molecular weight is 308 g/mol. The Balaban J connectivity index is 2.06. The highest BCUT2D eigenvalue weighted by Gasteiger charge is 2.59. The molecule has 0 saturated heterocycles. The predicted molar refractivity (Wildman–Crippen MR) is 90.3 cm³/mol. The van der Waals surface area contributed by atoms with Gasteiger partial charge in [0.1, 0.15) is 11.2 Å². The van der Waals surface area contributed by atoms with Crippen LogP contribution in [0.5, 0.6) is 5.75 Å². The Morgan fingerprint density at radius 3 is 2.26 bits per heavy atom. The summed E-state index contributed by atoms with van der Waals surface area (Å²) in [6.07, 6.45) is 0. The number of ether oxygens (including phenoxy) is 2. The van der Waals surface area contributed by atoms with E-state index in [2.05, 4.69) is 0 Å². The van der Waals surface area contributed by atoms with E-state index in [1.165, 1.54) is 0 Å². The summed E-state index contributed by atoms with van der Waals surface area (Å²) >= 11 is 0. The molecule has 0 aliphatic heterocycles. The van der Waals surface area contributed by atoms with E-state index < -0.39 is 5.41 Å². The third kappa shape index (κ3) is 2.33. The van der Waals surface area contributed by atoms with Gasteiger partial charge in [-0.1, -0.05) is 42.5 Å². The molecular weight excluding hydrogens is 288 g/mol. The molecule has 23 heavy (non-hydrogen) atoms. The molecular formula is C20H20O3. The molecule has 3 rings (SSSR count). The average Bonchev–Trinajstić information content (AvgIpc) is 3.22. The van der Waals surface area contributed by atoms with Crippen LogP contribution in [0.15, 0.2) is 60.2 Å². The maximum absolute atomic E-state index is 12.8. The first-order chi connectivity index (χ1) is 11.2. The SMILES string of the molecule is CCOC(=O)C1(c2ccc(OC)cc2)C(C)=C1c1ccccc1. The Bertz CT molecular complexity index is 744. The van der Waals surface area contributed by atoms with Gasteiger partial charge in [0, 0.05) is 0 Å². The van der Waals surface area contributed by atoms with Crippen LogP contribution >= 0.6 is 0 Å². The summed E-state index contributed by atoms with van der Waals surface area (Å²) in [5.74, 6) is 0.564. The monoisotopic (exact) mass is 308 g/mol. The smallest absolute Gasteiger partial charge is 0.325 e. The zero-order valence-electron chi connectivity index (χ0n) is 13.6. The molecule has 0 amide bonds. The Morgan fingerprint density at radius 2 is 1.70 bits per heavy atom. The molecule has 118 valence electrons. The van der Waals surface area contributed by atoms with Gasteiger partial charge < -0.3 is 9.47 Å². The number of hydrogen-bond donors (Lipinski definition) is 0. The van der Waals surface area contributed by atoms with E-state index in [0.717, 1.165) is 28.0 Å². The summed E-state index contributed by atoms with van der Waals surface area (Å²) in [7, 11) is 1.63. The highest BCUT2D eigenvalue weighted by Crippen LogP contribution is 2.60. The van der Waals surface area contributed by atoms with E-state index >= 15 is 0 Å². The van der Waals surface area contributed by atoms with Gasteiger partial charge >= 0.3 is 5.97 Å². The molecule has 1 aliphatic carbocycles. The molecule has 0 saturated carbocycles. The van der Waals surface area contributed by atoms with Crippen molar-refractivity contribution in [2.45, 2.75) is 19.3 Å². The topological polar surface area (TPSA) is 35.5 Å². The van der Waals surface area contributed by atoms with E-state index in [9.17, 15) is 4.79 Å². The van der Waals surface area contributed by atoms with Crippen molar-refractivity contribution < 1.29 is 14.3 Å². The van der Waals surface area contributed by atoms with Crippen LogP contribution in [0.1, 0.15) is 25.0 Å². The van der Waals surface area contributed by atoms with Crippen LogP contribution in [0.4, 0.5) is 0 Å². The summed E-state index contributed by atoms with van der Waals surface area (Å²) in [6, 6.07) is 17.6. The summed E-state index contributed by atoms with van der Waals surface area (Å²) in [5, 5.41) is 0. The second-order valence-electron chi connectivity index (χ2n) is 5.56. The predicted octanol–water partition coefficient (Wildman–Crippen LogP) is 3.98. The second-order valence-corrected chi connectivity index (χ2v) is 5.56. The van der Waals surface area contributed by atoms with Gasteiger partial charge in [-0.05, 0) is 48.3 Å². The summed E-state index contributed by atoms with van der Waals surface area (Å²) in [4.78, 5) is 12.8. The van der Waals surface area contributed by atoms with Crippen LogP contribution in [0.25, 0.3) is 5.57 Å². The number of carbonyl (C=O) groups is 1. The van der Waals surface area contributed by atoms with Crippen LogP contribution in [-0.4, -0.2) is 19.7 Å². The van der Waals surface area contributed by atoms with E-state index in [-0.39, 0.29) is 5.97 Å². The molecule has 0 N–H and O–H groups in total. The Kier molecular flexibility index (Phi) is 3.95. The van der Waals surface area contributed by atoms with Gasteiger partial charge in [0.25, 0.3) is 0 Å². The van der Waals surface area contributed by atoms with Crippen molar-refractivity contribution in [3.05, 3.63) is 71.3 Å². The minimum Gasteiger partial charge on any atom is -0.497 e. The van der Waals surface area contributed by atoms with E-state index in [1.54, 1.807) is 7.11 Å². The van der Waals surface area contributed by atoms with Gasteiger partial charge in [-0.25, -0.2) is 0 Å².